The van der Waals surface area contributed by atoms with Crippen molar-refractivity contribution in [3.63, 3.8) is 0 Å². The molecular formula is C19H18BrClF2N4O3. The zero-order valence-electron chi connectivity index (χ0n) is 15.8. The number of nitrogens with one attached hydrogen (secondary N) is 2. The summed E-state index contributed by atoms with van der Waals surface area (Å²) in [5.41, 5.74) is -3.10. The minimum absolute atomic E-state index is 0.0601. The van der Waals surface area contributed by atoms with E-state index in [2.05, 4.69) is 36.3 Å². The average Bonchev–Trinajstić information content (AvgIpc) is 3.09. The molecule has 1 saturated heterocycles. The summed E-state index contributed by atoms with van der Waals surface area (Å²) in [6.07, 6.45) is 2.26. The number of carbonyl (C=O) groups is 2. The molecule has 0 spiro atoms. The Balaban J connectivity index is 1.63. The van der Waals surface area contributed by atoms with E-state index >= 15 is 0 Å². The molecule has 3 rings (SSSR count). The molecule has 1 fully saturated rings. The Morgan fingerprint density at radius 2 is 2.03 bits per heavy atom. The number of ether oxygens (including phenoxy) is 1. The lowest BCUT2D eigenvalue weighted by Crippen LogP contribution is -2.35. The van der Waals surface area contributed by atoms with Gasteiger partial charge in [-0.3, -0.25) is 9.59 Å². The maximum absolute atomic E-state index is 12.6. The first-order valence-corrected chi connectivity index (χ1v) is 10.1. The highest BCUT2D eigenvalue weighted by Crippen LogP contribution is 2.29. The van der Waals surface area contributed by atoms with Crippen molar-refractivity contribution in [3.8, 4) is 5.75 Å². The molecule has 7 nitrogen and oxygen atoms in total. The Bertz CT molecular complexity index is 940. The van der Waals surface area contributed by atoms with Gasteiger partial charge in [-0.05, 0) is 52.7 Å². The molecule has 0 saturated carbocycles. The Hall–Kier alpha value is -2.46. The van der Waals surface area contributed by atoms with Gasteiger partial charge in [0.25, 0.3) is 5.91 Å². The van der Waals surface area contributed by atoms with Crippen LogP contribution in [0.15, 0.2) is 41.0 Å². The summed E-state index contributed by atoms with van der Waals surface area (Å²) in [5.74, 6) is 0.0633. The second kappa shape index (κ2) is 9.13. The van der Waals surface area contributed by atoms with Gasteiger partial charge < -0.3 is 20.3 Å². The second-order valence-corrected chi connectivity index (χ2v) is 7.98. The average molecular weight is 504 g/mol. The van der Waals surface area contributed by atoms with E-state index in [1.807, 2.05) is 4.90 Å². The van der Waals surface area contributed by atoms with Gasteiger partial charge in [0.05, 0.1) is 10.0 Å². The lowest BCUT2D eigenvalue weighted by molar-refractivity contribution is -0.119. The maximum Gasteiger partial charge on any atom is 0.487 e. The van der Waals surface area contributed by atoms with Crippen LogP contribution < -0.4 is 20.3 Å². The predicted molar refractivity (Wildman–Crippen MR) is 112 cm³/mol. The number of hydrogen-bond donors (Lipinski definition) is 2. The molecule has 0 unspecified atom stereocenters. The van der Waals surface area contributed by atoms with Gasteiger partial charge in [0.1, 0.15) is 11.6 Å². The number of halogens is 4. The quantitative estimate of drug-likeness (QED) is 0.583. The second-order valence-electron chi connectivity index (χ2n) is 6.69. The van der Waals surface area contributed by atoms with Gasteiger partial charge in [-0.2, -0.15) is 0 Å². The summed E-state index contributed by atoms with van der Waals surface area (Å²) < 4.78 is 30.2. The van der Waals surface area contributed by atoms with Gasteiger partial charge in [-0.15, -0.1) is 8.78 Å². The predicted octanol–water partition coefficient (Wildman–Crippen LogP) is 3.98. The van der Waals surface area contributed by atoms with Crippen molar-refractivity contribution in [1.29, 1.82) is 0 Å². The number of anilines is 2. The number of nitrogens with zero attached hydrogens (tertiary/aromatic N) is 2. The molecule has 1 aromatic carbocycles. The Labute approximate surface area is 184 Å². The highest BCUT2D eigenvalue weighted by molar-refractivity contribution is 9.10. The highest BCUT2D eigenvalue weighted by Gasteiger charge is 2.28. The number of pyridine rings is 1. The Morgan fingerprint density at radius 1 is 1.33 bits per heavy atom. The van der Waals surface area contributed by atoms with Crippen molar-refractivity contribution in [2.24, 2.45) is 0 Å². The van der Waals surface area contributed by atoms with Crippen molar-refractivity contribution in [3.05, 3.63) is 46.6 Å². The number of rotatable bonds is 6. The first-order valence-electron chi connectivity index (χ1n) is 8.95. The summed E-state index contributed by atoms with van der Waals surface area (Å²) in [6, 6.07) is 7.07. The normalized spacial score (nSPS) is 16.3. The van der Waals surface area contributed by atoms with E-state index in [0.29, 0.717) is 28.1 Å². The third-order valence-corrected chi connectivity index (χ3v) is 4.99. The van der Waals surface area contributed by atoms with Crippen molar-refractivity contribution in [2.45, 2.75) is 25.0 Å². The molecule has 1 atom stereocenters. The largest absolute Gasteiger partial charge is 0.487 e. The van der Waals surface area contributed by atoms with Crippen LogP contribution in [0, 0.1) is 0 Å². The van der Waals surface area contributed by atoms with Crippen LogP contribution in [0.1, 0.15) is 23.7 Å². The summed E-state index contributed by atoms with van der Waals surface area (Å²) in [6.45, 7) is 2.85. The fraction of sp³-hybridized carbons (Fsp3) is 0.316. The zero-order valence-corrected chi connectivity index (χ0v) is 18.1. The van der Waals surface area contributed by atoms with Gasteiger partial charge in [-0.25, -0.2) is 4.98 Å². The van der Waals surface area contributed by atoms with Gasteiger partial charge in [-0.1, -0.05) is 0 Å². The van der Waals surface area contributed by atoms with Crippen molar-refractivity contribution in [1.82, 2.24) is 10.3 Å². The molecule has 2 heterocycles. The monoisotopic (exact) mass is 502 g/mol. The van der Waals surface area contributed by atoms with Crippen LogP contribution in [0.4, 0.5) is 20.3 Å². The summed E-state index contributed by atoms with van der Waals surface area (Å²) in [5, 5.41) is 5.54. The van der Waals surface area contributed by atoms with Gasteiger partial charge in [0, 0.05) is 49.5 Å². The van der Waals surface area contributed by atoms with Crippen LogP contribution in [0.25, 0.3) is 0 Å². The van der Waals surface area contributed by atoms with Crippen LogP contribution in [0.5, 0.6) is 5.75 Å². The molecule has 1 aliphatic rings. The number of hydrogen-bond acceptors (Lipinski definition) is 5. The fourth-order valence-corrected chi connectivity index (χ4v) is 3.78. The van der Waals surface area contributed by atoms with Crippen LogP contribution in [0.3, 0.4) is 0 Å². The lowest BCUT2D eigenvalue weighted by Gasteiger charge is -2.19. The summed E-state index contributed by atoms with van der Waals surface area (Å²) in [7, 11) is 0. The molecule has 0 aliphatic carbocycles. The Morgan fingerprint density at radius 3 is 2.63 bits per heavy atom. The van der Waals surface area contributed by atoms with E-state index in [9.17, 15) is 18.4 Å². The minimum atomic E-state index is -3.80. The number of aromatic nitrogens is 1. The SMILES string of the molecule is CC(=O)N[C@H]1CCN(c2ncc(C(=O)Nc3ccc(OC(F)(F)Cl)cc3)cc2Br)C1. The van der Waals surface area contributed by atoms with E-state index in [1.165, 1.54) is 37.4 Å². The highest BCUT2D eigenvalue weighted by atomic mass is 79.9. The van der Waals surface area contributed by atoms with Gasteiger partial charge in [0.15, 0.2) is 0 Å². The van der Waals surface area contributed by atoms with E-state index in [4.69, 9.17) is 11.6 Å². The third-order valence-electron chi connectivity index (χ3n) is 4.32. The molecule has 2 aromatic rings. The molecule has 160 valence electrons. The molecule has 30 heavy (non-hydrogen) atoms. The topological polar surface area (TPSA) is 83.6 Å². The number of benzene rings is 1. The van der Waals surface area contributed by atoms with E-state index in [-0.39, 0.29) is 17.7 Å². The van der Waals surface area contributed by atoms with Crippen LogP contribution in [0.2, 0.25) is 0 Å². The van der Waals surface area contributed by atoms with Crippen LogP contribution in [-0.2, 0) is 4.79 Å². The summed E-state index contributed by atoms with van der Waals surface area (Å²) >= 11 is 8.17. The molecule has 1 aliphatic heterocycles. The molecule has 0 bridgehead atoms. The molecule has 2 N–H and O–H groups in total. The lowest BCUT2D eigenvalue weighted by atomic mass is 10.2. The molecular weight excluding hydrogens is 486 g/mol. The number of carbonyl (C=O) groups excluding carboxylic acids is 2. The first-order chi connectivity index (χ1) is 14.1. The van der Waals surface area contributed by atoms with E-state index < -0.39 is 11.5 Å². The van der Waals surface area contributed by atoms with Crippen LogP contribution in [-0.4, -0.2) is 41.5 Å². The van der Waals surface area contributed by atoms with Crippen molar-refractivity contribution >= 4 is 50.9 Å². The minimum Gasteiger partial charge on any atom is -0.420 e. The smallest absolute Gasteiger partial charge is 0.420 e. The van der Waals surface area contributed by atoms with Crippen molar-refractivity contribution in [2.75, 3.05) is 23.3 Å². The van der Waals surface area contributed by atoms with Gasteiger partial charge in [0.2, 0.25) is 5.91 Å². The standard InChI is InChI=1S/C19H18BrClF2N4O3/c1-11(28)25-14-6-7-27(10-14)17-16(20)8-12(9-24-17)18(29)26-13-2-4-15(5-3-13)30-19(21,22)23/h2-5,8-9,14H,6-7,10H2,1H3,(H,25,28)(H,26,29)/t14-/m0/s1. The number of alkyl halides is 3. The first kappa shape index (κ1) is 22.2. The number of amides is 2. The molecule has 11 heteroatoms. The fourth-order valence-electron chi connectivity index (χ4n) is 3.09. The van der Waals surface area contributed by atoms with Gasteiger partial charge >= 0.3 is 5.57 Å². The third kappa shape index (κ3) is 6.02. The molecule has 0 radical (unpaired) electrons. The molecule has 1 aromatic heterocycles. The maximum atomic E-state index is 12.6. The van der Waals surface area contributed by atoms with Crippen LogP contribution >= 0.6 is 27.5 Å². The molecule has 2 amide bonds. The van der Waals surface area contributed by atoms with E-state index in [0.717, 1.165) is 13.0 Å². The van der Waals surface area contributed by atoms with Crippen molar-refractivity contribution < 1.29 is 23.1 Å². The van der Waals surface area contributed by atoms with E-state index in [1.54, 1.807) is 6.07 Å². The summed E-state index contributed by atoms with van der Waals surface area (Å²) in [4.78, 5) is 30.1. The Kier molecular flexibility index (Phi) is 6.77. The zero-order chi connectivity index (χ0) is 21.9.